The summed E-state index contributed by atoms with van der Waals surface area (Å²) in [6, 6.07) is 20.2. The molecule has 0 saturated heterocycles. The molecular weight excluding hydrogens is 514 g/mol. The average molecular weight is 544 g/mol. The Labute approximate surface area is 230 Å². The Morgan fingerprint density at radius 3 is 2.55 bits per heavy atom. The van der Waals surface area contributed by atoms with E-state index in [1.54, 1.807) is 11.3 Å². The van der Waals surface area contributed by atoms with Gasteiger partial charge in [-0.15, -0.1) is 21.5 Å². The number of benzene rings is 3. The van der Waals surface area contributed by atoms with E-state index in [-0.39, 0.29) is 11.7 Å². The molecule has 2 aromatic heterocycles. The number of amides is 1. The number of aromatic nitrogens is 4. The zero-order valence-electron chi connectivity index (χ0n) is 21.8. The number of carbonyl (C=O) groups is 1. The number of hydrogen-bond donors (Lipinski definition) is 1. The molecule has 5 rings (SSSR count). The van der Waals surface area contributed by atoms with E-state index in [9.17, 15) is 4.79 Å². The van der Waals surface area contributed by atoms with Gasteiger partial charge in [0.25, 0.3) is 0 Å². The molecule has 0 fully saturated rings. The minimum absolute atomic E-state index is 0.1000. The zero-order chi connectivity index (χ0) is 26.6. The summed E-state index contributed by atoms with van der Waals surface area (Å²) >= 11 is 3.04. The third-order valence-electron chi connectivity index (χ3n) is 6.10. The Hall–Kier alpha value is -3.69. The van der Waals surface area contributed by atoms with Crippen molar-refractivity contribution in [1.29, 1.82) is 0 Å². The van der Waals surface area contributed by atoms with E-state index in [2.05, 4.69) is 46.7 Å². The second-order valence-corrected chi connectivity index (χ2v) is 11.1. The summed E-state index contributed by atoms with van der Waals surface area (Å²) in [5.41, 5.74) is 6.23. The van der Waals surface area contributed by atoms with Crippen LogP contribution in [0.2, 0.25) is 0 Å². The van der Waals surface area contributed by atoms with E-state index < -0.39 is 0 Å². The van der Waals surface area contributed by atoms with Crippen LogP contribution in [0.5, 0.6) is 5.75 Å². The van der Waals surface area contributed by atoms with Crippen molar-refractivity contribution in [2.75, 3.05) is 11.1 Å². The normalized spacial score (nSPS) is 11.2. The summed E-state index contributed by atoms with van der Waals surface area (Å²) in [6.07, 6.45) is 0. The van der Waals surface area contributed by atoms with Crippen molar-refractivity contribution in [3.63, 3.8) is 0 Å². The van der Waals surface area contributed by atoms with Crippen molar-refractivity contribution in [2.24, 2.45) is 0 Å². The molecule has 9 heteroatoms. The van der Waals surface area contributed by atoms with Gasteiger partial charge in [0.05, 0.1) is 16.0 Å². The predicted octanol–water partition coefficient (Wildman–Crippen LogP) is 6.81. The van der Waals surface area contributed by atoms with E-state index in [4.69, 9.17) is 9.72 Å². The summed E-state index contributed by atoms with van der Waals surface area (Å²) < 4.78 is 9.17. The van der Waals surface area contributed by atoms with Gasteiger partial charge in [-0.05, 0) is 86.8 Å². The second kappa shape index (κ2) is 11.4. The van der Waals surface area contributed by atoms with Gasteiger partial charge in [0, 0.05) is 17.8 Å². The van der Waals surface area contributed by atoms with Crippen LogP contribution in [-0.2, 0) is 17.9 Å². The summed E-state index contributed by atoms with van der Waals surface area (Å²) in [5.74, 6) is 1.71. The molecule has 0 bridgehead atoms. The molecule has 7 nitrogen and oxygen atoms in total. The molecule has 0 aliphatic heterocycles. The molecule has 194 valence electrons. The minimum atomic E-state index is -0.1000. The van der Waals surface area contributed by atoms with Crippen molar-refractivity contribution in [2.45, 2.75) is 46.0 Å². The topological polar surface area (TPSA) is 81.9 Å². The number of thiazole rings is 1. The SMILES string of the molecule is CCn1c(COc2cc(C)ccc2C)nnc1SCC(=O)Nc1ccc(-c2nc3ccc(C)cc3s2)cc1. The lowest BCUT2D eigenvalue weighted by Gasteiger charge is -2.11. The number of nitrogens with zero attached hydrogens (tertiary/aromatic N) is 4. The number of hydrogen-bond acceptors (Lipinski definition) is 7. The molecule has 38 heavy (non-hydrogen) atoms. The van der Waals surface area contributed by atoms with Gasteiger partial charge in [-0.25, -0.2) is 4.98 Å². The van der Waals surface area contributed by atoms with Crippen molar-refractivity contribution in [3.8, 4) is 16.3 Å². The Kier molecular flexibility index (Phi) is 7.76. The van der Waals surface area contributed by atoms with Crippen LogP contribution in [0.4, 0.5) is 5.69 Å². The van der Waals surface area contributed by atoms with Crippen LogP contribution in [0, 0.1) is 20.8 Å². The molecule has 0 radical (unpaired) electrons. The van der Waals surface area contributed by atoms with Gasteiger partial charge in [0.2, 0.25) is 5.91 Å². The maximum atomic E-state index is 12.7. The highest BCUT2D eigenvalue weighted by Crippen LogP contribution is 2.31. The van der Waals surface area contributed by atoms with Crippen LogP contribution in [0.1, 0.15) is 29.4 Å². The highest BCUT2D eigenvalue weighted by Gasteiger charge is 2.15. The summed E-state index contributed by atoms with van der Waals surface area (Å²) in [4.78, 5) is 17.4. The van der Waals surface area contributed by atoms with Crippen LogP contribution in [0.15, 0.2) is 65.8 Å². The summed E-state index contributed by atoms with van der Waals surface area (Å²) in [6.45, 7) is 9.19. The van der Waals surface area contributed by atoms with Gasteiger partial charge < -0.3 is 14.6 Å². The highest BCUT2D eigenvalue weighted by atomic mass is 32.2. The van der Waals surface area contributed by atoms with Crippen LogP contribution in [0.3, 0.4) is 0 Å². The lowest BCUT2D eigenvalue weighted by Crippen LogP contribution is -2.15. The first-order valence-electron chi connectivity index (χ1n) is 12.4. The molecule has 0 saturated carbocycles. The Morgan fingerprint density at radius 1 is 1.00 bits per heavy atom. The first kappa shape index (κ1) is 25.9. The van der Waals surface area contributed by atoms with Gasteiger partial charge in [0.1, 0.15) is 17.4 Å². The number of fused-ring (bicyclic) bond motifs is 1. The molecular formula is C29H29N5O2S2. The third kappa shape index (κ3) is 5.89. The van der Waals surface area contributed by atoms with E-state index in [1.165, 1.54) is 22.0 Å². The molecule has 1 N–H and O–H groups in total. The number of rotatable bonds is 9. The summed E-state index contributed by atoms with van der Waals surface area (Å²) in [5, 5.41) is 13.2. The van der Waals surface area contributed by atoms with Gasteiger partial charge in [-0.2, -0.15) is 0 Å². The quantitative estimate of drug-likeness (QED) is 0.206. The first-order chi connectivity index (χ1) is 18.4. The standard InChI is InChI=1S/C29H29N5O2S2/c1-5-34-26(16-36-24-14-18(2)6-8-20(24)4)32-33-29(34)37-17-27(35)30-22-11-9-21(10-12-22)28-31-23-13-7-19(3)15-25(23)38-28/h6-15H,5,16-17H2,1-4H3,(H,30,35). The monoisotopic (exact) mass is 543 g/mol. The van der Waals surface area contributed by atoms with Crippen molar-refractivity contribution < 1.29 is 9.53 Å². The molecule has 0 spiro atoms. The molecule has 0 unspecified atom stereocenters. The van der Waals surface area contributed by atoms with E-state index in [0.29, 0.717) is 18.3 Å². The molecule has 0 aliphatic rings. The molecule has 3 aromatic carbocycles. The molecule has 0 atom stereocenters. The smallest absolute Gasteiger partial charge is 0.234 e. The molecule has 1 amide bonds. The van der Waals surface area contributed by atoms with Crippen molar-refractivity contribution in [1.82, 2.24) is 19.7 Å². The van der Waals surface area contributed by atoms with Crippen LogP contribution >= 0.6 is 23.1 Å². The van der Waals surface area contributed by atoms with Gasteiger partial charge >= 0.3 is 0 Å². The van der Waals surface area contributed by atoms with Crippen molar-refractivity contribution in [3.05, 3.63) is 83.2 Å². The number of carbonyl (C=O) groups excluding carboxylic acids is 1. The van der Waals surface area contributed by atoms with E-state index in [1.807, 2.05) is 61.7 Å². The first-order valence-corrected chi connectivity index (χ1v) is 14.2. The fourth-order valence-corrected chi connectivity index (χ4v) is 5.92. The second-order valence-electron chi connectivity index (χ2n) is 9.11. The van der Waals surface area contributed by atoms with Gasteiger partial charge in [-0.1, -0.05) is 30.0 Å². The third-order valence-corrected chi connectivity index (χ3v) is 8.14. The Balaban J connectivity index is 1.17. The lowest BCUT2D eigenvalue weighted by atomic mass is 10.1. The maximum absolute atomic E-state index is 12.7. The molecule has 0 aliphatic carbocycles. The van der Waals surface area contributed by atoms with E-state index >= 15 is 0 Å². The highest BCUT2D eigenvalue weighted by molar-refractivity contribution is 7.99. The Bertz CT molecular complexity index is 1590. The number of aryl methyl sites for hydroxylation is 3. The molecule has 2 heterocycles. The fourth-order valence-electron chi connectivity index (χ4n) is 4.03. The fraction of sp³-hybridized carbons (Fsp3) is 0.241. The number of anilines is 1. The average Bonchev–Trinajstić information content (AvgIpc) is 3.51. The number of nitrogens with one attached hydrogen (secondary N) is 1. The van der Waals surface area contributed by atoms with Crippen LogP contribution in [-0.4, -0.2) is 31.4 Å². The van der Waals surface area contributed by atoms with Crippen LogP contribution in [0.25, 0.3) is 20.8 Å². The predicted molar refractivity (Wildman–Crippen MR) is 155 cm³/mol. The van der Waals surface area contributed by atoms with E-state index in [0.717, 1.165) is 44.5 Å². The summed E-state index contributed by atoms with van der Waals surface area (Å²) in [7, 11) is 0. The zero-order valence-corrected chi connectivity index (χ0v) is 23.4. The largest absolute Gasteiger partial charge is 0.485 e. The Morgan fingerprint density at radius 2 is 1.76 bits per heavy atom. The van der Waals surface area contributed by atoms with Gasteiger partial charge in [0.15, 0.2) is 11.0 Å². The maximum Gasteiger partial charge on any atom is 0.234 e. The lowest BCUT2D eigenvalue weighted by molar-refractivity contribution is -0.113. The minimum Gasteiger partial charge on any atom is -0.485 e. The molecule has 5 aromatic rings. The number of ether oxygens (including phenoxy) is 1. The van der Waals surface area contributed by atoms with Crippen molar-refractivity contribution >= 4 is 44.9 Å². The number of thioether (sulfide) groups is 1. The van der Waals surface area contributed by atoms with Crippen LogP contribution < -0.4 is 10.1 Å². The van der Waals surface area contributed by atoms with Gasteiger partial charge in [-0.3, -0.25) is 4.79 Å².